The molecule has 3 heterocycles. The molecule has 1 atom stereocenters. The molecule has 4 rings (SSSR count). The van der Waals surface area contributed by atoms with E-state index in [9.17, 15) is 18.0 Å². The standard InChI is InChI=1S/C19H16ClF3N4O3/c1-10-9-26(16-13(20)7-11(8-24-16)18(28)29)5-6-27(10)17-15-12(19(21,22)23)3-2-4-14(15)30-25-17/h2-4,7-8,10H,5-6,9H2,1H3,(H,28,29)/t10-/m0/s1. The molecule has 0 amide bonds. The number of aromatic nitrogens is 2. The van der Waals surface area contributed by atoms with E-state index in [1.165, 1.54) is 24.4 Å². The molecule has 30 heavy (non-hydrogen) atoms. The smallest absolute Gasteiger partial charge is 0.417 e. The summed E-state index contributed by atoms with van der Waals surface area (Å²) in [6.45, 7) is 3.02. The summed E-state index contributed by atoms with van der Waals surface area (Å²) in [6.07, 6.45) is -3.31. The third-order valence-electron chi connectivity index (χ3n) is 5.05. The summed E-state index contributed by atoms with van der Waals surface area (Å²) in [6, 6.07) is 4.85. The average Bonchev–Trinajstić information content (AvgIpc) is 3.11. The second-order valence-electron chi connectivity index (χ2n) is 7.01. The van der Waals surface area contributed by atoms with Crippen LogP contribution in [0.2, 0.25) is 5.02 Å². The highest BCUT2D eigenvalue weighted by Gasteiger charge is 2.37. The largest absolute Gasteiger partial charge is 0.478 e. The number of hydrogen-bond acceptors (Lipinski definition) is 6. The average molecular weight is 441 g/mol. The fourth-order valence-corrected chi connectivity index (χ4v) is 3.94. The van der Waals surface area contributed by atoms with Gasteiger partial charge in [0.25, 0.3) is 0 Å². The SMILES string of the molecule is C[C@H]1CN(c2ncc(C(=O)O)cc2Cl)CCN1c1noc2cccc(C(F)(F)F)c12. The van der Waals surface area contributed by atoms with Gasteiger partial charge in [-0.15, -0.1) is 0 Å². The fourth-order valence-electron chi connectivity index (χ4n) is 3.65. The Morgan fingerprint density at radius 3 is 2.70 bits per heavy atom. The molecular formula is C19H16ClF3N4O3. The zero-order valence-corrected chi connectivity index (χ0v) is 16.4. The number of benzene rings is 1. The van der Waals surface area contributed by atoms with E-state index in [2.05, 4.69) is 10.1 Å². The van der Waals surface area contributed by atoms with Gasteiger partial charge in [-0.25, -0.2) is 9.78 Å². The molecule has 0 radical (unpaired) electrons. The maximum atomic E-state index is 13.5. The van der Waals surface area contributed by atoms with Crippen LogP contribution >= 0.6 is 11.6 Å². The first-order chi connectivity index (χ1) is 14.2. The second-order valence-corrected chi connectivity index (χ2v) is 7.41. The first-order valence-corrected chi connectivity index (χ1v) is 9.40. The van der Waals surface area contributed by atoms with Crippen molar-refractivity contribution >= 4 is 40.2 Å². The Labute approximate surface area is 173 Å². The number of aromatic carboxylic acids is 1. The topological polar surface area (TPSA) is 82.7 Å². The number of hydrogen-bond donors (Lipinski definition) is 1. The van der Waals surface area contributed by atoms with E-state index in [1.807, 2.05) is 11.8 Å². The third kappa shape index (κ3) is 3.51. The van der Waals surface area contributed by atoms with Crippen molar-refractivity contribution in [1.29, 1.82) is 0 Å². The summed E-state index contributed by atoms with van der Waals surface area (Å²) >= 11 is 6.21. The zero-order chi connectivity index (χ0) is 21.6. The van der Waals surface area contributed by atoms with Crippen LogP contribution in [0.1, 0.15) is 22.8 Å². The van der Waals surface area contributed by atoms with Crippen molar-refractivity contribution in [3.63, 3.8) is 0 Å². The van der Waals surface area contributed by atoms with Crippen LogP contribution in [0, 0.1) is 0 Å². The molecule has 1 aliphatic heterocycles. The van der Waals surface area contributed by atoms with Crippen LogP contribution in [0.5, 0.6) is 0 Å². The molecule has 1 aliphatic rings. The van der Waals surface area contributed by atoms with Crippen molar-refractivity contribution in [3.05, 3.63) is 46.6 Å². The summed E-state index contributed by atoms with van der Waals surface area (Å²) < 4.78 is 45.6. The number of pyridine rings is 1. The van der Waals surface area contributed by atoms with E-state index >= 15 is 0 Å². The number of fused-ring (bicyclic) bond motifs is 1. The van der Waals surface area contributed by atoms with Crippen LogP contribution in [0.25, 0.3) is 11.0 Å². The van der Waals surface area contributed by atoms with Gasteiger partial charge >= 0.3 is 12.1 Å². The number of rotatable bonds is 3. The Bertz CT molecular complexity index is 1120. The van der Waals surface area contributed by atoms with Gasteiger partial charge in [0.2, 0.25) is 0 Å². The molecule has 1 aromatic carbocycles. The molecule has 1 fully saturated rings. The molecule has 0 aliphatic carbocycles. The predicted octanol–water partition coefficient (Wildman–Crippen LogP) is 4.31. The van der Waals surface area contributed by atoms with Gasteiger partial charge in [0.1, 0.15) is 5.82 Å². The summed E-state index contributed by atoms with van der Waals surface area (Å²) in [5, 5.41) is 13.1. The maximum absolute atomic E-state index is 13.5. The Morgan fingerprint density at radius 1 is 1.30 bits per heavy atom. The van der Waals surface area contributed by atoms with Crippen LogP contribution in [0.4, 0.5) is 24.8 Å². The lowest BCUT2D eigenvalue weighted by Gasteiger charge is -2.40. The number of carboxylic acids is 1. The number of anilines is 2. The lowest BCUT2D eigenvalue weighted by atomic mass is 10.1. The molecule has 3 aromatic rings. The highest BCUT2D eigenvalue weighted by Crippen LogP contribution is 2.40. The van der Waals surface area contributed by atoms with E-state index in [0.717, 1.165) is 6.07 Å². The summed E-state index contributed by atoms with van der Waals surface area (Å²) in [7, 11) is 0. The van der Waals surface area contributed by atoms with Crippen molar-refractivity contribution in [2.24, 2.45) is 0 Å². The minimum Gasteiger partial charge on any atom is -0.478 e. The number of alkyl halides is 3. The molecule has 11 heteroatoms. The minimum atomic E-state index is -4.53. The number of carboxylic acid groups (broad SMARTS) is 1. The van der Waals surface area contributed by atoms with E-state index in [4.69, 9.17) is 21.2 Å². The van der Waals surface area contributed by atoms with Crippen molar-refractivity contribution in [3.8, 4) is 0 Å². The van der Waals surface area contributed by atoms with Gasteiger partial charge in [-0.05, 0) is 25.1 Å². The first kappa shape index (κ1) is 20.3. The number of carbonyl (C=O) groups is 1. The van der Waals surface area contributed by atoms with Crippen LogP contribution < -0.4 is 9.80 Å². The molecule has 0 spiro atoms. The van der Waals surface area contributed by atoms with Crippen molar-refractivity contribution in [1.82, 2.24) is 10.1 Å². The lowest BCUT2D eigenvalue weighted by Crippen LogP contribution is -2.52. The van der Waals surface area contributed by atoms with Gasteiger partial charge in [-0.3, -0.25) is 0 Å². The van der Waals surface area contributed by atoms with E-state index in [0.29, 0.717) is 25.5 Å². The van der Waals surface area contributed by atoms with Crippen LogP contribution in [-0.2, 0) is 6.18 Å². The van der Waals surface area contributed by atoms with Crippen molar-refractivity contribution in [2.75, 3.05) is 29.4 Å². The molecule has 158 valence electrons. The third-order valence-corrected chi connectivity index (χ3v) is 5.33. The fraction of sp³-hybridized carbons (Fsp3) is 0.316. The summed E-state index contributed by atoms with van der Waals surface area (Å²) in [5.41, 5.74) is -0.743. The highest BCUT2D eigenvalue weighted by molar-refractivity contribution is 6.33. The molecule has 0 saturated carbocycles. The molecule has 2 aromatic heterocycles. The highest BCUT2D eigenvalue weighted by atomic mass is 35.5. The molecule has 1 N–H and O–H groups in total. The number of nitrogens with zero attached hydrogens (tertiary/aromatic N) is 4. The Morgan fingerprint density at radius 2 is 2.07 bits per heavy atom. The minimum absolute atomic E-state index is 0.0239. The quantitative estimate of drug-likeness (QED) is 0.649. The normalized spacial score (nSPS) is 17.6. The molecule has 7 nitrogen and oxygen atoms in total. The monoisotopic (exact) mass is 440 g/mol. The lowest BCUT2D eigenvalue weighted by molar-refractivity contribution is -0.136. The molecule has 0 bridgehead atoms. The van der Waals surface area contributed by atoms with Crippen molar-refractivity contribution in [2.45, 2.75) is 19.1 Å². The van der Waals surface area contributed by atoms with Gasteiger partial charge in [0, 0.05) is 31.9 Å². The summed E-state index contributed by atoms with van der Waals surface area (Å²) in [4.78, 5) is 18.8. The van der Waals surface area contributed by atoms with E-state index in [1.54, 1.807) is 4.90 Å². The van der Waals surface area contributed by atoms with E-state index < -0.39 is 17.7 Å². The Kier molecular flexibility index (Phi) is 4.97. The molecular weight excluding hydrogens is 425 g/mol. The number of halogens is 4. The van der Waals surface area contributed by atoms with Crippen molar-refractivity contribution < 1.29 is 27.6 Å². The van der Waals surface area contributed by atoms with Crippen LogP contribution in [0.3, 0.4) is 0 Å². The second kappa shape index (κ2) is 7.35. The van der Waals surface area contributed by atoms with Crippen LogP contribution in [-0.4, -0.2) is 46.9 Å². The predicted molar refractivity (Wildman–Crippen MR) is 104 cm³/mol. The maximum Gasteiger partial charge on any atom is 0.417 e. The zero-order valence-electron chi connectivity index (χ0n) is 15.6. The van der Waals surface area contributed by atoms with Gasteiger partial charge in [0.05, 0.1) is 21.5 Å². The van der Waals surface area contributed by atoms with Gasteiger partial charge in [-0.2, -0.15) is 13.2 Å². The van der Waals surface area contributed by atoms with Gasteiger partial charge in [-0.1, -0.05) is 22.8 Å². The molecule has 1 saturated heterocycles. The molecule has 0 unspecified atom stereocenters. The Hall–Kier alpha value is -3.01. The van der Waals surface area contributed by atoms with E-state index in [-0.39, 0.29) is 33.4 Å². The van der Waals surface area contributed by atoms with Crippen LogP contribution in [0.15, 0.2) is 35.0 Å². The first-order valence-electron chi connectivity index (χ1n) is 9.03. The number of piperazine rings is 1. The summed E-state index contributed by atoms with van der Waals surface area (Å²) in [5.74, 6) is -0.563. The van der Waals surface area contributed by atoms with Gasteiger partial charge in [0.15, 0.2) is 11.4 Å². The van der Waals surface area contributed by atoms with Gasteiger partial charge < -0.3 is 19.4 Å². The Balaban J connectivity index is 1.63.